The molecule has 0 radical (unpaired) electrons. The van der Waals surface area contributed by atoms with E-state index in [1.54, 1.807) is 6.08 Å². The molecule has 3 atom stereocenters. The molecular weight excluding hydrogens is 635 g/mol. The molecule has 0 aliphatic heterocycles. The van der Waals surface area contributed by atoms with Crippen LogP contribution < -0.4 is 10.2 Å². The molecule has 0 bridgehead atoms. The number of aliphatic hydroxyl groups is 1. The molecule has 290 valence electrons. The van der Waals surface area contributed by atoms with Crippen LogP contribution in [-0.2, 0) is 18.4 Å². The first-order chi connectivity index (χ1) is 23.5. The fraction of sp³-hybridized carbons (Fsp3) is 0.875. The molecule has 49 heavy (non-hydrogen) atoms. The number of rotatable bonds is 36. The molecule has 0 rings (SSSR count). The Morgan fingerprint density at radius 1 is 0.694 bits per heavy atom. The lowest BCUT2D eigenvalue weighted by molar-refractivity contribution is -0.870. The number of carbonyl (C=O) groups is 1. The number of likely N-dealkylation sites (N-methyl/N-ethyl adjacent to an activating group) is 1. The van der Waals surface area contributed by atoms with E-state index in [1.165, 1.54) is 128 Å². The van der Waals surface area contributed by atoms with Crippen molar-refractivity contribution in [1.29, 1.82) is 0 Å². The lowest BCUT2D eigenvalue weighted by Crippen LogP contribution is -2.45. The highest BCUT2D eigenvalue weighted by atomic mass is 31.2. The van der Waals surface area contributed by atoms with Crippen molar-refractivity contribution in [2.45, 2.75) is 187 Å². The molecule has 0 spiro atoms. The van der Waals surface area contributed by atoms with Gasteiger partial charge in [-0.15, -0.1) is 0 Å². The summed E-state index contributed by atoms with van der Waals surface area (Å²) in [5.41, 5.74) is 0. The number of unbranched alkanes of at least 4 members (excludes halogenated alkanes) is 21. The standard InChI is InChI=1S/C40H79N2O6P/c1-6-8-9-10-11-12-13-14-15-16-17-18-19-20-21-22-23-24-25-26-27-28-29-30-31-32-34-39(43)38(41-40(44)33-7-2)37-48-49(45,46)47-36-35-42(3,4)5/h28-29,32,34,38-39,43H,6-27,30-31,33,35-37H2,1-5H3,(H-,41,44,45,46)/b29-28+,34-32+. The first-order valence-electron chi connectivity index (χ1n) is 20.2. The zero-order valence-electron chi connectivity index (χ0n) is 32.6. The lowest BCUT2D eigenvalue weighted by Gasteiger charge is -2.29. The summed E-state index contributed by atoms with van der Waals surface area (Å²) >= 11 is 0. The second kappa shape index (κ2) is 32.9. The van der Waals surface area contributed by atoms with Crippen LogP contribution in [0.25, 0.3) is 0 Å². The normalized spacial score (nSPS) is 14.8. The van der Waals surface area contributed by atoms with Crippen molar-refractivity contribution in [1.82, 2.24) is 5.32 Å². The zero-order chi connectivity index (χ0) is 36.5. The van der Waals surface area contributed by atoms with Gasteiger partial charge in [0, 0.05) is 6.42 Å². The van der Waals surface area contributed by atoms with Crippen LogP contribution in [0.15, 0.2) is 24.3 Å². The van der Waals surface area contributed by atoms with Crippen LogP contribution in [0.5, 0.6) is 0 Å². The number of phosphoric acid groups is 1. The van der Waals surface area contributed by atoms with Crippen molar-refractivity contribution in [3.8, 4) is 0 Å². The summed E-state index contributed by atoms with van der Waals surface area (Å²) in [4.78, 5) is 24.4. The molecule has 0 fully saturated rings. The maximum absolute atomic E-state index is 12.2. The molecule has 9 heteroatoms. The predicted octanol–water partition coefficient (Wildman–Crippen LogP) is 9.94. The third-order valence-corrected chi connectivity index (χ3v) is 9.85. The summed E-state index contributed by atoms with van der Waals surface area (Å²) < 4.78 is 22.7. The molecule has 2 N–H and O–H groups in total. The number of quaternary nitrogens is 1. The van der Waals surface area contributed by atoms with Gasteiger partial charge in [0.15, 0.2) is 0 Å². The summed E-state index contributed by atoms with van der Waals surface area (Å²) in [5, 5.41) is 13.4. The van der Waals surface area contributed by atoms with Crippen molar-refractivity contribution in [2.24, 2.45) is 0 Å². The Balaban J connectivity index is 3.90. The Morgan fingerprint density at radius 3 is 1.61 bits per heavy atom. The topological polar surface area (TPSA) is 108 Å². The van der Waals surface area contributed by atoms with Crippen LogP contribution in [0.1, 0.15) is 174 Å². The van der Waals surface area contributed by atoms with Crippen molar-refractivity contribution >= 4 is 13.7 Å². The molecule has 0 aliphatic carbocycles. The third kappa shape index (κ3) is 35.2. The van der Waals surface area contributed by atoms with Crippen molar-refractivity contribution < 1.29 is 32.9 Å². The quantitative estimate of drug-likeness (QED) is 0.0290. The predicted molar refractivity (Wildman–Crippen MR) is 205 cm³/mol. The highest BCUT2D eigenvalue weighted by molar-refractivity contribution is 7.45. The Morgan fingerprint density at radius 2 is 1.14 bits per heavy atom. The van der Waals surface area contributed by atoms with E-state index in [-0.39, 0.29) is 18.9 Å². The van der Waals surface area contributed by atoms with Gasteiger partial charge >= 0.3 is 0 Å². The Hall–Kier alpha value is -1.02. The molecule has 0 aromatic heterocycles. The van der Waals surface area contributed by atoms with Gasteiger partial charge in [-0.1, -0.05) is 160 Å². The molecule has 0 aliphatic rings. The highest BCUT2D eigenvalue weighted by Gasteiger charge is 2.22. The van der Waals surface area contributed by atoms with Gasteiger partial charge < -0.3 is 28.8 Å². The SMILES string of the molecule is CCCCCCCCCCCCCCCCCCCCCC/C=C/CC/C=C/C(O)C(COP(=O)([O-])OCC[N+](C)(C)C)NC(=O)CCC. The van der Waals surface area contributed by atoms with Gasteiger partial charge in [0.25, 0.3) is 7.82 Å². The number of phosphoric ester groups is 1. The minimum absolute atomic E-state index is 0.00724. The van der Waals surface area contributed by atoms with Crippen LogP contribution in [0, 0.1) is 0 Å². The fourth-order valence-electron chi connectivity index (χ4n) is 5.68. The van der Waals surface area contributed by atoms with Gasteiger partial charge in [0.2, 0.25) is 5.91 Å². The van der Waals surface area contributed by atoms with E-state index >= 15 is 0 Å². The van der Waals surface area contributed by atoms with E-state index in [0.29, 0.717) is 17.4 Å². The molecule has 0 aromatic rings. The number of nitrogens with zero attached hydrogens (tertiary/aromatic N) is 1. The van der Waals surface area contributed by atoms with Crippen molar-refractivity contribution in [2.75, 3.05) is 40.9 Å². The maximum atomic E-state index is 12.2. The molecule has 0 saturated carbocycles. The van der Waals surface area contributed by atoms with Crippen LogP contribution >= 0.6 is 7.82 Å². The van der Waals surface area contributed by atoms with E-state index < -0.39 is 26.6 Å². The van der Waals surface area contributed by atoms with E-state index in [0.717, 1.165) is 19.3 Å². The Bertz CT molecular complexity index is 860. The summed E-state index contributed by atoms with van der Waals surface area (Å²) in [6, 6.07) is -0.894. The fourth-order valence-corrected chi connectivity index (χ4v) is 6.41. The monoisotopic (exact) mass is 715 g/mol. The maximum Gasteiger partial charge on any atom is 0.268 e. The average Bonchev–Trinajstić information content (AvgIpc) is 3.04. The largest absolute Gasteiger partial charge is 0.756 e. The number of hydrogen-bond donors (Lipinski definition) is 2. The number of carbonyl (C=O) groups excluding carboxylic acids is 1. The van der Waals surface area contributed by atoms with Gasteiger partial charge in [0.1, 0.15) is 13.2 Å². The smallest absolute Gasteiger partial charge is 0.268 e. The first kappa shape index (κ1) is 48.0. The van der Waals surface area contributed by atoms with Crippen LogP contribution in [0.2, 0.25) is 0 Å². The third-order valence-electron chi connectivity index (χ3n) is 8.88. The van der Waals surface area contributed by atoms with Gasteiger partial charge in [0.05, 0.1) is 39.9 Å². The average molecular weight is 715 g/mol. The summed E-state index contributed by atoms with van der Waals surface area (Å²) in [6.07, 6.45) is 38.4. The van der Waals surface area contributed by atoms with E-state index in [4.69, 9.17) is 9.05 Å². The number of amides is 1. The molecule has 0 saturated heterocycles. The molecule has 0 heterocycles. The summed E-state index contributed by atoms with van der Waals surface area (Å²) in [7, 11) is 1.24. The van der Waals surface area contributed by atoms with Crippen molar-refractivity contribution in [3.05, 3.63) is 24.3 Å². The number of allylic oxidation sites excluding steroid dienone is 3. The van der Waals surface area contributed by atoms with Crippen LogP contribution in [0.4, 0.5) is 0 Å². The number of aliphatic hydroxyl groups excluding tert-OH is 1. The second-order valence-electron chi connectivity index (χ2n) is 15.0. The minimum Gasteiger partial charge on any atom is -0.756 e. The second-order valence-corrected chi connectivity index (χ2v) is 16.4. The van der Waals surface area contributed by atoms with Gasteiger partial charge in [-0.3, -0.25) is 9.36 Å². The molecule has 0 aromatic carbocycles. The summed E-state index contributed by atoms with van der Waals surface area (Å²) in [6.45, 7) is 4.25. The molecule has 1 amide bonds. The number of nitrogens with one attached hydrogen (secondary N) is 1. The highest BCUT2D eigenvalue weighted by Crippen LogP contribution is 2.38. The first-order valence-corrected chi connectivity index (χ1v) is 21.7. The van der Waals surface area contributed by atoms with E-state index in [2.05, 4.69) is 24.4 Å². The van der Waals surface area contributed by atoms with E-state index in [9.17, 15) is 19.4 Å². The van der Waals surface area contributed by atoms with Crippen LogP contribution in [-0.4, -0.2) is 68.5 Å². The molecule has 3 unspecified atom stereocenters. The molecular formula is C40H79N2O6P. The van der Waals surface area contributed by atoms with Gasteiger partial charge in [-0.05, 0) is 32.1 Å². The van der Waals surface area contributed by atoms with Gasteiger partial charge in [-0.25, -0.2) is 0 Å². The lowest BCUT2D eigenvalue weighted by atomic mass is 10.0. The number of hydrogen-bond acceptors (Lipinski definition) is 6. The van der Waals surface area contributed by atoms with Gasteiger partial charge in [-0.2, -0.15) is 0 Å². The minimum atomic E-state index is -4.56. The van der Waals surface area contributed by atoms with E-state index in [1.807, 2.05) is 34.1 Å². The zero-order valence-corrected chi connectivity index (χ0v) is 33.5. The van der Waals surface area contributed by atoms with Crippen molar-refractivity contribution in [3.63, 3.8) is 0 Å². The Labute approximate surface area is 303 Å². The molecule has 8 nitrogen and oxygen atoms in total. The summed E-state index contributed by atoms with van der Waals surface area (Å²) in [5.74, 6) is -0.261. The Kier molecular flexibility index (Phi) is 32.2. The van der Waals surface area contributed by atoms with Crippen LogP contribution in [0.3, 0.4) is 0 Å².